The number of para-hydroxylation sites is 1. The molecule has 0 radical (unpaired) electrons. The van der Waals surface area contributed by atoms with E-state index in [-0.39, 0.29) is 18.6 Å². The standard InChI is InChI=1S/C17H18N2O5S/c1-10-8-14(11-4-2-3-5-12(11)18-10)25-9-13(17(23)24)19-15(20)6-7-16(21)22/h2-5,8,13H,6-7,9H2,1H3,(H,19,20)(H,21,22)(H,23,24). The largest absolute Gasteiger partial charge is 0.481 e. The van der Waals surface area contributed by atoms with Gasteiger partial charge < -0.3 is 15.5 Å². The highest BCUT2D eigenvalue weighted by atomic mass is 32.2. The number of rotatable bonds is 8. The van der Waals surface area contributed by atoms with Crippen LogP contribution in [0.5, 0.6) is 0 Å². The maximum atomic E-state index is 11.7. The van der Waals surface area contributed by atoms with E-state index in [1.165, 1.54) is 11.8 Å². The van der Waals surface area contributed by atoms with E-state index in [0.29, 0.717) is 0 Å². The van der Waals surface area contributed by atoms with Crippen LogP contribution < -0.4 is 5.32 Å². The van der Waals surface area contributed by atoms with Gasteiger partial charge in [-0.05, 0) is 19.1 Å². The molecule has 1 heterocycles. The fourth-order valence-electron chi connectivity index (χ4n) is 2.22. The second-order valence-corrected chi connectivity index (χ2v) is 6.50. The molecular weight excluding hydrogens is 344 g/mol. The van der Waals surface area contributed by atoms with Gasteiger partial charge in [-0.1, -0.05) is 18.2 Å². The summed E-state index contributed by atoms with van der Waals surface area (Å²) in [5.41, 5.74) is 1.64. The van der Waals surface area contributed by atoms with Crippen LogP contribution in [0.3, 0.4) is 0 Å². The van der Waals surface area contributed by atoms with E-state index in [0.717, 1.165) is 21.5 Å². The summed E-state index contributed by atoms with van der Waals surface area (Å²) in [6.07, 6.45) is -0.583. The summed E-state index contributed by atoms with van der Waals surface area (Å²) in [6, 6.07) is 8.33. The number of carboxylic acid groups (broad SMARTS) is 2. The molecule has 132 valence electrons. The Balaban J connectivity index is 2.08. The SMILES string of the molecule is Cc1cc(SCC(NC(=O)CCC(=O)O)C(=O)O)c2ccccc2n1. The average Bonchev–Trinajstić information content (AvgIpc) is 2.56. The van der Waals surface area contributed by atoms with Crippen LogP contribution in [0.4, 0.5) is 0 Å². The van der Waals surface area contributed by atoms with Gasteiger partial charge in [-0.2, -0.15) is 0 Å². The number of nitrogens with zero attached hydrogens (tertiary/aromatic N) is 1. The lowest BCUT2D eigenvalue weighted by atomic mass is 10.2. The summed E-state index contributed by atoms with van der Waals surface area (Å²) >= 11 is 1.32. The minimum absolute atomic E-state index is 0.127. The molecule has 1 aromatic heterocycles. The maximum absolute atomic E-state index is 11.7. The van der Waals surface area contributed by atoms with Gasteiger partial charge in [0.15, 0.2) is 0 Å². The first-order chi connectivity index (χ1) is 11.9. The summed E-state index contributed by atoms with van der Waals surface area (Å²) < 4.78 is 0. The van der Waals surface area contributed by atoms with Crippen molar-refractivity contribution in [3.8, 4) is 0 Å². The van der Waals surface area contributed by atoms with Crippen molar-refractivity contribution >= 4 is 40.5 Å². The lowest BCUT2D eigenvalue weighted by molar-refractivity contribution is -0.141. The smallest absolute Gasteiger partial charge is 0.327 e. The number of aromatic nitrogens is 1. The van der Waals surface area contributed by atoms with Crippen LogP contribution in [0.25, 0.3) is 10.9 Å². The molecule has 1 unspecified atom stereocenters. The lowest BCUT2D eigenvalue weighted by Crippen LogP contribution is -2.42. The van der Waals surface area contributed by atoms with Crippen LogP contribution in [0.2, 0.25) is 0 Å². The Morgan fingerprint density at radius 1 is 1.20 bits per heavy atom. The van der Waals surface area contributed by atoms with Crippen molar-refractivity contribution in [2.24, 2.45) is 0 Å². The molecule has 0 aliphatic carbocycles. The topological polar surface area (TPSA) is 117 Å². The van der Waals surface area contributed by atoms with Crippen LogP contribution in [0.15, 0.2) is 35.2 Å². The van der Waals surface area contributed by atoms with E-state index in [9.17, 15) is 19.5 Å². The summed E-state index contributed by atoms with van der Waals surface area (Å²) in [5, 5.41) is 21.1. The first-order valence-electron chi connectivity index (χ1n) is 7.60. The summed E-state index contributed by atoms with van der Waals surface area (Å²) in [7, 11) is 0. The molecule has 1 aromatic carbocycles. The van der Waals surface area contributed by atoms with E-state index in [1.54, 1.807) is 0 Å². The van der Waals surface area contributed by atoms with E-state index >= 15 is 0 Å². The minimum atomic E-state index is -1.16. The second kappa shape index (κ2) is 8.48. The third kappa shape index (κ3) is 5.46. The van der Waals surface area contributed by atoms with Crippen LogP contribution >= 0.6 is 11.8 Å². The Morgan fingerprint density at radius 2 is 1.92 bits per heavy atom. The van der Waals surface area contributed by atoms with Gasteiger partial charge in [0, 0.05) is 28.1 Å². The number of carbonyl (C=O) groups is 3. The highest BCUT2D eigenvalue weighted by Crippen LogP contribution is 2.28. The molecule has 25 heavy (non-hydrogen) atoms. The van der Waals surface area contributed by atoms with Crippen LogP contribution in [-0.2, 0) is 14.4 Å². The number of amides is 1. The molecule has 8 heteroatoms. The lowest BCUT2D eigenvalue weighted by Gasteiger charge is -2.15. The second-order valence-electron chi connectivity index (χ2n) is 5.44. The number of pyridine rings is 1. The van der Waals surface area contributed by atoms with E-state index in [4.69, 9.17) is 5.11 Å². The van der Waals surface area contributed by atoms with Crippen molar-refractivity contribution in [2.45, 2.75) is 30.7 Å². The summed E-state index contributed by atoms with van der Waals surface area (Å²) in [4.78, 5) is 38.9. The Morgan fingerprint density at radius 3 is 2.60 bits per heavy atom. The van der Waals surface area contributed by atoms with Gasteiger partial charge in [-0.25, -0.2) is 4.79 Å². The third-order valence-electron chi connectivity index (χ3n) is 3.41. The Labute approximate surface area is 148 Å². The molecule has 0 bridgehead atoms. The van der Waals surface area contributed by atoms with Crippen LogP contribution in [0.1, 0.15) is 18.5 Å². The zero-order valence-electron chi connectivity index (χ0n) is 13.6. The number of aliphatic carboxylic acids is 2. The molecule has 2 aromatic rings. The summed E-state index contributed by atoms with van der Waals surface area (Å²) in [5.74, 6) is -2.73. The number of hydrogen-bond donors (Lipinski definition) is 3. The van der Waals surface area contributed by atoms with Crippen molar-refractivity contribution in [3.05, 3.63) is 36.0 Å². The van der Waals surface area contributed by atoms with Gasteiger partial charge in [0.05, 0.1) is 11.9 Å². The van der Waals surface area contributed by atoms with Crippen LogP contribution in [-0.4, -0.2) is 44.8 Å². The third-order valence-corrected chi connectivity index (χ3v) is 4.56. The average molecular weight is 362 g/mol. The van der Waals surface area contributed by atoms with Crippen LogP contribution in [0, 0.1) is 6.92 Å². The number of carbonyl (C=O) groups excluding carboxylic acids is 1. The zero-order chi connectivity index (χ0) is 18.4. The molecule has 0 spiro atoms. The Bertz CT molecular complexity index is 809. The molecule has 7 nitrogen and oxygen atoms in total. The number of hydrogen-bond acceptors (Lipinski definition) is 5. The molecule has 0 fully saturated rings. The highest BCUT2D eigenvalue weighted by molar-refractivity contribution is 7.99. The quantitative estimate of drug-likeness (QED) is 0.615. The van der Waals surface area contributed by atoms with Crippen molar-refractivity contribution < 1.29 is 24.6 Å². The molecule has 2 rings (SSSR count). The fourth-order valence-corrected chi connectivity index (χ4v) is 3.38. The number of nitrogens with one attached hydrogen (secondary N) is 1. The Hall–Kier alpha value is -2.61. The van der Waals surface area contributed by atoms with Gasteiger partial charge in [0.25, 0.3) is 0 Å². The van der Waals surface area contributed by atoms with Gasteiger partial charge in [-0.15, -0.1) is 11.8 Å². The van der Waals surface area contributed by atoms with Gasteiger partial charge in [0.1, 0.15) is 6.04 Å². The van der Waals surface area contributed by atoms with Crippen molar-refractivity contribution in [1.82, 2.24) is 10.3 Å². The van der Waals surface area contributed by atoms with Crippen molar-refractivity contribution in [3.63, 3.8) is 0 Å². The molecule has 0 aliphatic rings. The van der Waals surface area contributed by atoms with Gasteiger partial charge >= 0.3 is 11.9 Å². The molecule has 0 saturated carbocycles. The van der Waals surface area contributed by atoms with Gasteiger partial charge in [0.2, 0.25) is 5.91 Å². The number of thioether (sulfide) groups is 1. The molecular formula is C17H18N2O5S. The summed E-state index contributed by atoms with van der Waals surface area (Å²) in [6.45, 7) is 1.86. The Kier molecular flexibility index (Phi) is 6.35. The molecule has 1 amide bonds. The first-order valence-corrected chi connectivity index (χ1v) is 8.58. The first kappa shape index (κ1) is 18.7. The fraction of sp³-hybridized carbons (Fsp3) is 0.294. The zero-order valence-corrected chi connectivity index (χ0v) is 14.4. The predicted octanol–water partition coefficient (Wildman–Crippen LogP) is 2.07. The molecule has 0 aliphatic heterocycles. The molecule has 3 N–H and O–H groups in total. The number of fused-ring (bicyclic) bond motifs is 1. The molecule has 0 saturated heterocycles. The number of benzene rings is 1. The van der Waals surface area contributed by atoms with E-state index < -0.39 is 23.9 Å². The van der Waals surface area contributed by atoms with Gasteiger partial charge in [-0.3, -0.25) is 14.6 Å². The maximum Gasteiger partial charge on any atom is 0.327 e. The number of aryl methyl sites for hydroxylation is 1. The minimum Gasteiger partial charge on any atom is -0.481 e. The van der Waals surface area contributed by atoms with Crippen molar-refractivity contribution in [1.29, 1.82) is 0 Å². The monoisotopic (exact) mass is 362 g/mol. The predicted molar refractivity (Wildman–Crippen MR) is 93.6 cm³/mol. The van der Waals surface area contributed by atoms with E-state index in [1.807, 2.05) is 37.3 Å². The van der Waals surface area contributed by atoms with Crippen molar-refractivity contribution in [2.75, 3.05) is 5.75 Å². The van der Waals surface area contributed by atoms with E-state index in [2.05, 4.69) is 10.3 Å². The highest BCUT2D eigenvalue weighted by Gasteiger charge is 2.21. The molecule has 1 atom stereocenters. The normalized spacial score (nSPS) is 11.9. The number of carboxylic acids is 2.